The zero-order chi connectivity index (χ0) is 13.8. The number of hydrogen-bond acceptors (Lipinski definition) is 5. The molecule has 0 bridgehead atoms. The van der Waals surface area contributed by atoms with E-state index in [1.54, 1.807) is 11.3 Å². The van der Waals surface area contributed by atoms with Crippen LogP contribution in [0.15, 0.2) is 24.3 Å². The van der Waals surface area contributed by atoms with Crippen LogP contribution in [-0.2, 0) is 11.5 Å². The molecule has 0 aliphatic carbocycles. The highest BCUT2D eigenvalue weighted by molar-refractivity contribution is 8.93. The van der Waals surface area contributed by atoms with Gasteiger partial charge in [0.05, 0.1) is 0 Å². The van der Waals surface area contributed by atoms with Gasteiger partial charge in [0, 0.05) is 21.1 Å². The lowest BCUT2D eigenvalue weighted by molar-refractivity contribution is 1.39. The maximum atomic E-state index is 7.33. The molecular weight excluding hydrogens is 456 g/mol. The molecule has 9 heteroatoms. The highest BCUT2D eigenvalue weighted by atomic mass is 79.9. The van der Waals surface area contributed by atoms with E-state index in [1.165, 1.54) is 44.1 Å². The molecule has 21 heavy (non-hydrogen) atoms. The van der Waals surface area contributed by atoms with E-state index in [1.807, 2.05) is 12.1 Å². The normalized spacial score (nSPS) is 9.71. The maximum absolute atomic E-state index is 7.33. The number of thioether (sulfide) groups is 2. The summed E-state index contributed by atoms with van der Waals surface area (Å²) in [6.45, 7) is 0. The highest BCUT2D eigenvalue weighted by Gasteiger charge is 2.12. The summed E-state index contributed by atoms with van der Waals surface area (Å²) in [4.78, 5) is 1.20. The molecule has 1 aromatic heterocycles. The molecule has 0 atom stereocenters. The Balaban J connectivity index is 0.00000200. The topological polar surface area (TPSA) is 99.7 Å². The van der Waals surface area contributed by atoms with Crippen LogP contribution in [0, 0.1) is 10.8 Å². The van der Waals surface area contributed by atoms with E-state index in [0.29, 0.717) is 11.5 Å². The minimum Gasteiger partial charge on any atom is -0.379 e. The molecule has 0 radical (unpaired) electrons. The van der Waals surface area contributed by atoms with Crippen molar-refractivity contribution in [2.24, 2.45) is 11.5 Å². The van der Waals surface area contributed by atoms with Crippen molar-refractivity contribution in [1.29, 1.82) is 10.8 Å². The molecule has 0 aliphatic rings. The molecule has 4 nitrogen and oxygen atoms in total. The van der Waals surface area contributed by atoms with E-state index in [9.17, 15) is 0 Å². The fourth-order valence-corrected chi connectivity index (χ4v) is 4.33. The standard InChI is InChI=1S/C12H14N4S3.2BrH/c13-11(14)17-5-8-7-3-1-2-4-9(7)19-10(8)6-18-12(15)16;;/h1-4H,5-6H2,(H3,13,14)(H3,15,16);2*1H. The molecule has 0 spiro atoms. The summed E-state index contributed by atoms with van der Waals surface area (Å²) in [7, 11) is 0. The van der Waals surface area contributed by atoms with Crippen molar-refractivity contribution in [1.82, 2.24) is 0 Å². The lowest BCUT2D eigenvalue weighted by atomic mass is 10.1. The Labute approximate surface area is 157 Å². The van der Waals surface area contributed by atoms with Gasteiger partial charge in [0.15, 0.2) is 10.3 Å². The monoisotopic (exact) mass is 470 g/mol. The van der Waals surface area contributed by atoms with Crippen molar-refractivity contribution in [2.45, 2.75) is 11.5 Å². The van der Waals surface area contributed by atoms with Gasteiger partial charge in [-0.2, -0.15) is 0 Å². The first-order chi connectivity index (χ1) is 9.08. The van der Waals surface area contributed by atoms with E-state index in [4.69, 9.17) is 22.3 Å². The van der Waals surface area contributed by atoms with Gasteiger partial charge in [-0.1, -0.05) is 41.7 Å². The van der Waals surface area contributed by atoms with Crippen LogP contribution in [-0.4, -0.2) is 10.3 Å². The molecule has 0 fully saturated rings. The van der Waals surface area contributed by atoms with E-state index >= 15 is 0 Å². The van der Waals surface area contributed by atoms with Crippen molar-refractivity contribution < 1.29 is 0 Å². The molecular formula is C12H16Br2N4S3. The van der Waals surface area contributed by atoms with Crippen LogP contribution in [0.3, 0.4) is 0 Å². The quantitative estimate of drug-likeness (QED) is 0.394. The van der Waals surface area contributed by atoms with Gasteiger partial charge in [0.25, 0.3) is 0 Å². The van der Waals surface area contributed by atoms with Crippen molar-refractivity contribution >= 4 is 89.2 Å². The fraction of sp³-hybridized carbons (Fsp3) is 0.167. The number of fused-ring (bicyclic) bond motifs is 1. The van der Waals surface area contributed by atoms with E-state index in [-0.39, 0.29) is 44.3 Å². The summed E-state index contributed by atoms with van der Waals surface area (Å²) in [5.41, 5.74) is 12.0. The van der Waals surface area contributed by atoms with Gasteiger partial charge in [-0.3, -0.25) is 10.8 Å². The van der Waals surface area contributed by atoms with E-state index in [2.05, 4.69) is 12.1 Å². The summed E-state index contributed by atoms with van der Waals surface area (Å²) in [6, 6.07) is 8.20. The average molecular weight is 472 g/mol. The Hall–Kier alpha value is -0.220. The van der Waals surface area contributed by atoms with E-state index < -0.39 is 0 Å². The third-order valence-corrected chi connectivity index (χ3v) is 5.40. The molecule has 0 unspecified atom stereocenters. The number of halogens is 2. The molecule has 116 valence electrons. The van der Waals surface area contributed by atoms with Crippen molar-refractivity contribution in [2.75, 3.05) is 0 Å². The molecule has 1 heterocycles. The lowest BCUT2D eigenvalue weighted by Gasteiger charge is -2.03. The number of thiophene rings is 1. The average Bonchev–Trinajstić information content (AvgIpc) is 2.71. The minimum absolute atomic E-state index is 0. The SMILES string of the molecule is Br.Br.N=C(N)SCc1sc2ccccc2c1CSC(=N)N. The van der Waals surface area contributed by atoms with Gasteiger partial charge in [0.1, 0.15) is 0 Å². The van der Waals surface area contributed by atoms with Gasteiger partial charge in [-0.15, -0.1) is 45.3 Å². The summed E-state index contributed by atoms with van der Waals surface area (Å²) in [5.74, 6) is 1.38. The second-order valence-electron chi connectivity index (χ2n) is 3.81. The fourth-order valence-electron chi connectivity index (χ4n) is 1.72. The van der Waals surface area contributed by atoms with Crippen LogP contribution in [0.25, 0.3) is 10.1 Å². The number of benzene rings is 1. The first-order valence-electron chi connectivity index (χ1n) is 5.51. The molecule has 0 aliphatic heterocycles. The van der Waals surface area contributed by atoms with Crippen LogP contribution in [0.1, 0.15) is 10.4 Å². The molecule has 2 rings (SSSR count). The largest absolute Gasteiger partial charge is 0.379 e. The van der Waals surface area contributed by atoms with Crippen molar-refractivity contribution in [3.63, 3.8) is 0 Å². The summed E-state index contributed by atoms with van der Waals surface area (Å²) in [6.07, 6.45) is 0. The number of hydrogen-bond donors (Lipinski definition) is 4. The van der Waals surface area contributed by atoms with E-state index in [0.717, 1.165) is 0 Å². The van der Waals surface area contributed by atoms with Crippen LogP contribution in [0.5, 0.6) is 0 Å². The van der Waals surface area contributed by atoms with Gasteiger partial charge in [-0.05, 0) is 17.0 Å². The Morgan fingerprint density at radius 3 is 2.19 bits per heavy atom. The Morgan fingerprint density at radius 1 is 1.00 bits per heavy atom. The molecule has 1 aromatic carbocycles. The van der Waals surface area contributed by atoms with Crippen molar-refractivity contribution in [3.05, 3.63) is 34.7 Å². The summed E-state index contributed by atoms with van der Waals surface area (Å²) in [5, 5.41) is 16.1. The third kappa shape index (κ3) is 5.82. The summed E-state index contributed by atoms with van der Waals surface area (Å²) >= 11 is 4.37. The number of amidine groups is 2. The Kier molecular flexibility index (Phi) is 9.63. The van der Waals surface area contributed by atoms with Gasteiger partial charge in [-0.25, -0.2) is 0 Å². The van der Waals surface area contributed by atoms with Crippen LogP contribution < -0.4 is 11.5 Å². The van der Waals surface area contributed by atoms with Crippen LogP contribution in [0.2, 0.25) is 0 Å². The Morgan fingerprint density at radius 2 is 1.57 bits per heavy atom. The molecule has 0 saturated heterocycles. The zero-order valence-electron chi connectivity index (χ0n) is 10.9. The lowest BCUT2D eigenvalue weighted by Crippen LogP contribution is -2.05. The predicted molar refractivity (Wildman–Crippen MR) is 109 cm³/mol. The van der Waals surface area contributed by atoms with Crippen LogP contribution >= 0.6 is 68.8 Å². The molecule has 0 amide bonds. The molecule has 0 saturated carbocycles. The number of nitrogens with one attached hydrogen (secondary N) is 2. The van der Waals surface area contributed by atoms with Gasteiger partial charge < -0.3 is 11.5 Å². The highest BCUT2D eigenvalue weighted by Crippen LogP contribution is 2.35. The molecule has 6 N–H and O–H groups in total. The second-order valence-corrected chi connectivity index (χ2v) is 6.98. The minimum atomic E-state index is 0. The van der Waals surface area contributed by atoms with Crippen LogP contribution in [0.4, 0.5) is 0 Å². The zero-order valence-corrected chi connectivity index (χ0v) is 16.8. The Bertz CT molecular complexity index is 630. The van der Waals surface area contributed by atoms with Crippen molar-refractivity contribution in [3.8, 4) is 0 Å². The first kappa shape index (κ1) is 20.8. The number of nitrogens with two attached hydrogens (primary N) is 2. The van der Waals surface area contributed by atoms with Gasteiger partial charge in [0.2, 0.25) is 0 Å². The first-order valence-corrected chi connectivity index (χ1v) is 8.29. The predicted octanol–water partition coefficient (Wildman–Crippen LogP) is 4.31. The maximum Gasteiger partial charge on any atom is 0.151 e. The summed E-state index contributed by atoms with van der Waals surface area (Å²) < 4.78 is 1.22. The second kappa shape index (κ2) is 9.73. The number of rotatable bonds is 4. The van der Waals surface area contributed by atoms with Gasteiger partial charge >= 0.3 is 0 Å². The third-order valence-electron chi connectivity index (χ3n) is 2.51. The molecule has 2 aromatic rings. The smallest absolute Gasteiger partial charge is 0.151 e.